The number of halogens is 6. The van der Waals surface area contributed by atoms with Crippen molar-refractivity contribution < 1.29 is 30.7 Å². The van der Waals surface area contributed by atoms with Crippen LogP contribution >= 0.6 is 66.4 Å². The van der Waals surface area contributed by atoms with Gasteiger partial charge in [0.25, 0.3) is 0 Å². The second-order valence-electron chi connectivity index (χ2n) is 17.7. The fraction of sp³-hybridized carbons (Fsp3) is 0.0625. The standard InChI is InChI=1S/C32H26BrN.C20H18BrN.C12H10BBrO2.FI2/c1-23-6-18-30(19-7-23)34(31-20-8-24(2)9-21-31)32-5-3-4-28(22-32)27-12-10-25(11-13-27)26-14-16-29(33)17-15-26;1-15-6-10-18(11-7-15)22(19-12-8-16(2)9-13-19)20-5-3-4-17(21)14-20;14-12-7-3-10(4-8-12)9-1-5-11(6-2-9)13(15)16;1-3-2/h3-22H,1-2H3;3-14H,1-2H3;1-8,15-16H;/q;;;-1. The summed E-state index contributed by atoms with van der Waals surface area (Å²) < 4.78 is 13.6. The van der Waals surface area contributed by atoms with Gasteiger partial charge in [0.1, 0.15) is 0 Å². The van der Waals surface area contributed by atoms with Gasteiger partial charge in [-0.15, -0.1) is 0 Å². The molecule has 0 radical (unpaired) electrons. The fourth-order valence-corrected chi connectivity index (χ4v) is 9.01. The molecule has 0 spiro atoms. The van der Waals surface area contributed by atoms with Crippen LogP contribution in [0.5, 0.6) is 0 Å². The average molecular weight is 1410 g/mol. The molecule has 0 bridgehead atoms. The molecule has 11 heteroatoms. The van der Waals surface area contributed by atoms with E-state index in [-0.39, 0.29) is 0 Å². The fourth-order valence-electron chi connectivity index (χ4n) is 8.10. The van der Waals surface area contributed by atoms with Crippen molar-refractivity contribution in [2.24, 2.45) is 0 Å². The molecule has 378 valence electrons. The van der Waals surface area contributed by atoms with Crippen molar-refractivity contribution in [3.8, 4) is 33.4 Å². The van der Waals surface area contributed by atoms with Gasteiger partial charge in [-0.2, -0.15) is 0 Å². The van der Waals surface area contributed by atoms with Crippen molar-refractivity contribution in [1.29, 1.82) is 0 Å². The Hall–Kier alpha value is -5.39. The summed E-state index contributed by atoms with van der Waals surface area (Å²) in [5.74, 6) is 0. The summed E-state index contributed by atoms with van der Waals surface area (Å²) >= 11 is 11.3. The first-order valence-electron chi connectivity index (χ1n) is 24.0. The van der Waals surface area contributed by atoms with Crippen molar-refractivity contribution in [2.45, 2.75) is 27.7 Å². The molecule has 10 aromatic rings. The minimum atomic E-state index is -1.40. The van der Waals surface area contributed by atoms with Gasteiger partial charge in [-0.1, -0.05) is 210 Å². The van der Waals surface area contributed by atoms with E-state index in [2.05, 4.69) is 273 Å². The predicted molar refractivity (Wildman–Crippen MR) is 332 cm³/mol. The molecule has 0 heterocycles. The molecular formula is C64H54BBr3FI2N2O2-. The first-order valence-corrected chi connectivity index (χ1v) is 33.4. The van der Waals surface area contributed by atoms with E-state index in [1.807, 2.05) is 42.5 Å². The number of benzene rings is 10. The number of anilines is 6. The number of hydrogen-bond acceptors (Lipinski definition) is 4. The second-order valence-corrected chi connectivity index (χ2v) is 22.8. The molecule has 0 fully saturated rings. The van der Waals surface area contributed by atoms with Gasteiger partial charge in [0.05, 0.1) is 0 Å². The Morgan fingerprint density at radius 1 is 0.347 bits per heavy atom. The normalized spacial score (nSPS) is 10.4. The minimum absolute atomic E-state index is 0.501. The predicted octanol–water partition coefficient (Wildman–Crippen LogP) is 16.5. The van der Waals surface area contributed by atoms with Crippen LogP contribution in [-0.2, 0) is 0 Å². The Labute approximate surface area is 488 Å². The van der Waals surface area contributed by atoms with Gasteiger partial charge in [0.15, 0.2) is 0 Å². The summed E-state index contributed by atoms with van der Waals surface area (Å²) in [5, 5.41) is 17.9. The van der Waals surface area contributed by atoms with Gasteiger partial charge in [-0.05, 0) is 170 Å². The van der Waals surface area contributed by atoms with Gasteiger partial charge in [-0.25, -0.2) is 0 Å². The molecular weight excluding hydrogens is 1350 g/mol. The summed E-state index contributed by atoms with van der Waals surface area (Å²) in [5.41, 5.74) is 19.4. The van der Waals surface area contributed by atoms with E-state index in [0.29, 0.717) is 5.46 Å². The molecule has 0 unspecified atom stereocenters. The molecule has 2 N–H and O–H groups in total. The molecule has 10 aromatic carbocycles. The van der Waals surface area contributed by atoms with E-state index in [4.69, 9.17) is 10.0 Å². The Kier molecular flexibility index (Phi) is 21.9. The molecule has 0 amide bonds. The van der Waals surface area contributed by atoms with Crippen molar-refractivity contribution in [3.63, 3.8) is 0 Å². The van der Waals surface area contributed by atoms with Crippen LogP contribution in [0, 0.1) is 27.7 Å². The topological polar surface area (TPSA) is 46.9 Å². The summed E-state index contributed by atoms with van der Waals surface area (Å²) in [7, 11) is -1.40. The zero-order valence-corrected chi connectivity index (χ0v) is 50.8. The van der Waals surface area contributed by atoms with Crippen LogP contribution in [0.4, 0.5) is 37.0 Å². The zero-order valence-electron chi connectivity index (χ0n) is 41.7. The third kappa shape index (κ3) is 16.8. The Balaban J connectivity index is 0.000000172. The zero-order chi connectivity index (χ0) is 53.3. The van der Waals surface area contributed by atoms with Gasteiger partial charge in [0.2, 0.25) is 0 Å². The van der Waals surface area contributed by atoms with Crippen molar-refractivity contribution in [3.05, 3.63) is 278 Å². The smallest absolute Gasteiger partial charge is 0.423 e. The number of hydrogen-bond donors (Lipinski definition) is 2. The maximum absolute atomic E-state index is 10.4. The molecule has 75 heavy (non-hydrogen) atoms. The Morgan fingerprint density at radius 3 is 0.947 bits per heavy atom. The number of nitrogens with zero attached hydrogens (tertiary/aromatic N) is 2. The molecule has 0 aliphatic carbocycles. The maximum atomic E-state index is 10.4. The quantitative estimate of drug-likeness (QED) is 0.106. The van der Waals surface area contributed by atoms with Crippen LogP contribution in [-0.4, -0.2) is 17.2 Å². The molecule has 4 nitrogen and oxygen atoms in total. The molecule has 0 aliphatic heterocycles. The van der Waals surface area contributed by atoms with Crippen LogP contribution in [0.1, 0.15) is 22.3 Å². The Bertz CT molecular complexity index is 3240. The largest absolute Gasteiger partial charge is 0.488 e. The van der Waals surface area contributed by atoms with E-state index in [1.165, 1.54) is 44.5 Å². The van der Waals surface area contributed by atoms with Crippen LogP contribution in [0.15, 0.2) is 256 Å². The van der Waals surface area contributed by atoms with Crippen LogP contribution < -0.4 is 33.1 Å². The van der Waals surface area contributed by atoms with Crippen molar-refractivity contribution in [1.82, 2.24) is 0 Å². The molecule has 0 saturated carbocycles. The molecule has 0 aliphatic rings. The number of rotatable bonds is 10. The van der Waals surface area contributed by atoms with Gasteiger partial charge < -0.3 is 19.8 Å². The summed E-state index contributed by atoms with van der Waals surface area (Å²) in [6, 6.07) is 84.2. The molecule has 0 atom stereocenters. The molecule has 0 aromatic heterocycles. The van der Waals surface area contributed by atoms with Crippen LogP contribution in [0.2, 0.25) is 0 Å². The van der Waals surface area contributed by atoms with Crippen LogP contribution in [0.25, 0.3) is 33.4 Å². The average Bonchev–Trinajstić information content (AvgIpc) is 3.42. The van der Waals surface area contributed by atoms with E-state index in [9.17, 15) is 2.86 Å². The van der Waals surface area contributed by atoms with Crippen LogP contribution in [0.3, 0.4) is 0 Å². The maximum Gasteiger partial charge on any atom is 0.488 e. The molecule has 10 rings (SSSR count). The summed E-state index contributed by atoms with van der Waals surface area (Å²) in [4.78, 5) is 4.59. The van der Waals surface area contributed by atoms with E-state index < -0.39 is 24.9 Å². The van der Waals surface area contributed by atoms with Gasteiger partial charge in [-0.3, -0.25) is 0 Å². The van der Waals surface area contributed by atoms with E-state index >= 15 is 0 Å². The summed E-state index contributed by atoms with van der Waals surface area (Å²) in [6.07, 6.45) is 0. The van der Waals surface area contributed by atoms with Gasteiger partial charge >= 0.3 is 46.4 Å². The Morgan fingerprint density at radius 2 is 0.627 bits per heavy atom. The van der Waals surface area contributed by atoms with Gasteiger partial charge in [0, 0.05) is 47.5 Å². The molecule has 0 saturated heterocycles. The first-order chi connectivity index (χ1) is 36.3. The third-order valence-corrected chi connectivity index (χ3v) is 13.7. The second kappa shape index (κ2) is 28.7. The van der Waals surface area contributed by atoms with Crippen molar-refractivity contribution >= 4 is 113 Å². The minimum Gasteiger partial charge on any atom is -0.423 e. The summed E-state index contributed by atoms with van der Waals surface area (Å²) in [6.45, 7) is 8.47. The van der Waals surface area contributed by atoms with E-state index in [1.54, 1.807) is 30.7 Å². The third-order valence-electron chi connectivity index (χ3n) is 12.1. The van der Waals surface area contributed by atoms with E-state index in [0.717, 1.165) is 58.7 Å². The van der Waals surface area contributed by atoms with Crippen molar-refractivity contribution in [2.75, 3.05) is 9.80 Å². The first kappa shape index (κ1) is 57.3. The monoisotopic (exact) mass is 1400 g/mol. The number of aryl methyl sites for hydroxylation is 4. The SMILES string of the molecule is Cc1ccc(N(c2ccc(C)cc2)c2cccc(-c3ccc(-c4ccc(Br)cc4)cc3)c2)cc1.Cc1ccc(N(c2ccc(C)cc2)c2cccc(Br)c2)cc1.F[I-]I.OB(O)c1ccc(-c2ccc(Br)cc2)cc1.